The van der Waals surface area contributed by atoms with Crippen molar-refractivity contribution < 1.29 is 14.4 Å². The van der Waals surface area contributed by atoms with Crippen LogP contribution in [0.15, 0.2) is 54.2 Å². The molecule has 2 fully saturated rings. The number of piperidine rings is 1. The van der Waals surface area contributed by atoms with Crippen LogP contribution in [0, 0.1) is 17.2 Å². The van der Waals surface area contributed by atoms with Crippen LogP contribution in [0.25, 0.3) is 11.3 Å². The van der Waals surface area contributed by atoms with E-state index in [1.54, 1.807) is 41.4 Å². The van der Waals surface area contributed by atoms with Crippen LogP contribution in [0.4, 0.5) is 5.82 Å². The number of amides is 3. The predicted molar refractivity (Wildman–Crippen MR) is 153 cm³/mol. The highest BCUT2D eigenvalue weighted by molar-refractivity contribution is 6.04. The molecule has 3 amide bonds. The summed E-state index contributed by atoms with van der Waals surface area (Å²) < 4.78 is 1.15. The van der Waals surface area contributed by atoms with Crippen LogP contribution in [0.3, 0.4) is 0 Å². The maximum absolute atomic E-state index is 13.4. The van der Waals surface area contributed by atoms with Crippen molar-refractivity contribution in [1.29, 1.82) is 5.26 Å². The number of nitrogens with one attached hydrogen (secondary N) is 1. The summed E-state index contributed by atoms with van der Waals surface area (Å²) in [6.45, 7) is 2.47. The van der Waals surface area contributed by atoms with Gasteiger partial charge < -0.3 is 21.8 Å². The molecular formula is C30H32N8O3. The third-order valence-electron chi connectivity index (χ3n) is 7.50. The van der Waals surface area contributed by atoms with Crippen molar-refractivity contribution in [3.05, 3.63) is 76.9 Å². The number of imidazole rings is 1. The summed E-state index contributed by atoms with van der Waals surface area (Å²) in [4.78, 5) is 49.2. The van der Waals surface area contributed by atoms with Crippen molar-refractivity contribution in [2.45, 2.75) is 51.5 Å². The maximum Gasteiger partial charge on any atom is 0.269 e. The monoisotopic (exact) mass is 552 g/mol. The minimum absolute atomic E-state index is 0.00946. The van der Waals surface area contributed by atoms with Gasteiger partial charge in [0, 0.05) is 23.9 Å². The van der Waals surface area contributed by atoms with Crippen LogP contribution in [-0.2, 0) is 11.2 Å². The van der Waals surface area contributed by atoms with E-state index in [1.807, 2.05) is 19.1 Å². The van der Waals surface area contributed by atoms with Gasteiger partial charge in [0.1, 0.15) is 23.2 Å². The van der Waals surface area contributed by atoms with E-state index in [0.717, 1.165) is 42.3 Å². The van der Waals surface area contributed by atoms with Crippen molar-refractivity contribution in [3.8, 4) is 17.3 Å². The van der Waals surface area contributed by atoms with E-state index in [4.69, 9.17) is 16.6 Å². The zero-order valence-corrected chi connectivity index (χ0v) is 22.8. The molecule has 1 atom stereocenters. The van der Waals surface area contributed by atoms with E-state index >= 15 is 0 Å². The van der Waals surface area contributed by atoms with Crippen LogP contribution in [-0.4, -0.2) is 43.8 Å². The average molecular weight is 553 g/mol. The average Bonchev–Trinajstić information content (AvgIpc) is 3.75. The van der Waals surface area contributed by atoms with Gasteiger partial charge in [0.25, 0.3) is 17.7 Å². The molecular weight excluding hydrogens is 520 g/mol. The lowest BCUT2D eigenvalue weighted by atomic mass is 10.00. The summed E-state index contributed by atoms with van der Waals surface area (Å²) in [6.07, 6.45) is 8.36. The fourth-order valence-corrected chi connectivity index (χ4v) is 5.11. The Labute approximate surface area is 237 Å². The van der Waals surface area contributed by atoms with Crippen LogP contribution < -0.4 is 16.9 Å². The molecule has 1 saturated carbocycles. The number of nitriles is 1. The zero-order chi connectivity index (χ0) is 29.1. The lowest BCUT2D eigenvalue weighted by molar-refractivity contribution is -0.130. The van der Waals surface area contributed by atoms with Crippen LogP contribution in [0.5, 0.6) is 0 Å². The molecule has 210 valence electrons. The molecule has 0 bridgehead atoms. The Morgan fingerprint density at radius 2 is 1.90 bits per heavy atom. The fraction of sp³-hybridized carbons (Fsp3) is 0.333. The van der Waals surface area contributed by atoms with E-state index in [9.17, 15) is 19.6 Å². The third kappa shape index (κ3) is 5.82. The minimum Gasteiger partial charge on any atom is -0.364 e. The summed E-state index contributed by atoms with van der Waals surface area (Å²) >= 11 is 0. The quantitative estimate of drug-likeness (QED) is 0.218. The molecule has 5 rings (SSSR count). The molecule has 5 N–H and O–H groups in total. The number of primary amides is 1. The van der Waals surface area contributed by atoms with E-state index in [-0.39, 0.29) is 34.7 Å². The van der Waals surface area contributed by atoms with Crippen molar-refractivity contribution in [1.82, 2.24) is 19.5 Å². The van der Waals surface area contributed by atoms with Gasteiger partial charge >= 0.3 is 0 Å². The van der Waals surface area contributed by atoms with Crippen LogP contribution in [0.2, 0.25) is 0 Å². The highest BCUT2D eigenvalue weighted by Crippen LogP contribution is 2.36. The Bertz CT molecular complexity index is 1560. The number of nitrogen functional groups attached to an aromatic ring is 1. The molecule has 1 aliphatic heterocycles. The normalized spacial score (nSPS) is 17.1. The predicted octanol–water partition coefficient (Wildman–Crippen LogP) is 3.49. The van der Waals surface area contributed by atoms with E-state index in [0.29, 0.717) is 35.7 Å². The number of hydrogen-bond acceptors (Lipinski definition) is 7. The number of nitrogens with zero attached hydrogens (tertiary/aromatic N) is 5. The second kappa shape index (κ2) is 11.6. The molecule has 2 aromatic heterocycles. The molecule has 0 spiro atoms. The number of allylic oxidation sites excluding steroid dienone is 1. The first-order chi connectivity index (χ1) is 19.8. The van der Waals surface area contributed by atoms with E-state index < -0.39 is 11.9 Å². The van der Waals surface area contributed by atoms with Crippen molar-refractivity contribution in [2.75, 3.05) is 17.7 Å². The molecule has 1 saturated heterocycles. The molecule has 2 aliphatic rings. The Kier molecular flexibility index (Phi) is 7.83. The second-order valence-corrected chi connectivity index (χ2v) is 10.4. The van der Waals surface area contributed by atoms with Gasteiger partial charge in [-0.05, 0) is 74.3 Å². The van der Waals surface area contributed by atoms with Crippen molar-refractivity contribution >= 4 is 23.5 Å². The van der Waals surface area contributed by atoms with Crippen molar-refractivity contribution in [2.24, 2.45) is 11.7 Å². The van der Waals surface area contributed by atoms with Gasteiger partial charge in [-0.25, -0.2) is 14.6 Å². The van der Waals surface area contributed by atoms with Gasteiger partial charge in [0.05, 0.1) is 6.04 Å². The van der Waals surface area contributed by atoms with Gasteiger partial charge in [-0.15, -0.1) is 0 Å². The van der Waals surface area contributed by atoms with Gasteiger partial charge in [0.2, 0.25) is 0 Å². The Morgan fingerprint density at radius 1 is 1.15 bits per heavy atom. The standard InChI is InChI=1S/C30H32N8O3/c1-2-18-12-13-34-24(16-18)35-29(40)21-10-8-20(9-11-21)25-26(27(32)39)38(33)28(36-25)23-5-3-4-14-37(23)30(41)22(17-31)15-19-6-7-19/h8-13,15-16,19,23H,2-7,14,33H2,1H3,(H2,32,39)(H,34,35,40). The first-order valence-electron chi connectivity index (χ1n) is 13.8. The zero-order valence-electron chi connectivity index (χ0n) is 22.8. The summed E-state index contributed by atoms with van der Waals surface area (Å²) in [6, 6.07) is 11.8. The summed E-state index contributed by atoms with van der Waals surface area (Å²) in [5, 5.41) is 12.4. The lowest BCUT2D eigenvalue weighted by Crippen LogP contribution is -2.41. The number of nitrogens with two attached hydrogens (primary N) is 2. The summed E-state index contributed by atoms with van der Waals surface area (Å²) in [7, 11) is 0. The number of carbonyl (C=O) groups excluding carboxylic acids is 3. The number of hydrogen-bond donors (Lipinski definition) is 3. The highest BCUT2D eigenvalue weighted by atomic mass is 16.2. The largest absolute Gasteiger partial charge is 0.364 e. The SMILES string of the molecule is CCc1ccnc(NC(=O)c2ccc(-c3nc(C4CCCCN4C(=O)C(C#N)=CC4CC4)n(N)c3C(N)=O)cc2)c1. The van der Waals surface area contributed by atoms with Gasteiger partial charge in [-0.3, -0.25) is 14.4 Å². The summed E-state index contributed by atoms with van der Waals surface area (Å²) in [5.74, 6) is 5.96. The van der Waals surface area contributed by atoms with Gasteiger partial charge in [0.15, 0.2) is 11.5 Å². The molecule has 0 radical (unpaired) electrons. The van der Waals surface area contributed by atoms with E-state index in [1.165, 1.54) is 0 Å². The Morgan fingerprint density at radius 3 is 2.56 bits per heavy atom. The number of likely N-dealkylation sites (tertiary alicyclic amines) is 1. The Hall–Kier alpha value is -4.98. The number of anilines is 1. The van der Waals surface area contributed by atoms with Gasteiger partial charge in [-0.1, -0.05) is 25.1 Å². The number of aromatic nitrogens is 3. The van der Waals surface area contributed by atoms with E-state index in [2.05, 4.69) is 16.4 Å². The van der Waals surface area contributed by atoms with Crippen LogP contribution in [0.1, 0.15) is 77.3 Å². The number of carbonyl (C=O) groups is 3. The molecule has 1 aliphatic carbocycles. The molecule has 1 aromatic carbocycles. The fourth-order valence-electron chi connectivity index (χ4n) is 5.11. The molecule has 1 unspecified atom stereocenters. The first kappa shape index (κ1) is 27.6. The highest BCUT2D eigenvalue weighted by Gasteiger charge is 2.36. The first-order valence-corrected chi connectivity index (χ1v) is 13.8. The number of benzene rings is 1. The molecule has 3 heterocycles. The van der Waals surface area contributed by atoms with Crippen molar-refractivity contribution in [3.63, 3.8) is 0 Å². The van der Waals surface area contributed by atoms with Crippen LogP contribution >= 0.6 is 0 Å². The topological polar surface area (TPSA) is 173 Å². The second-order valence-electron chi connectivity index (χ2n) is 10.4. The molecule has 3 aromatic rings. The smallest absolute Gasteiger partial charge is 0.269 e. The summed E-state index contributed by atoms with van der Waals surface area (Å²) in [5.41, 5.74) is 8.07. The number of aryl methyl sites for hydroxylation is 1. The minimum atomic E-state index is -0.773. The number of rotatable bonds is 8. The Balaban J connectivity index is 1.43. The lowest BCUT2D eigenvalue weighted by Gasteiger charge is -2.35. The van der Waals surface area contributed by atoms with Gasteiger partial charge in [-0.2, -0.15) is 5.26 Å². The third-order valence-corrected chi connectivity index (χ3v) is 7.50. The molecule has 11 nitrogen and oxygen atoms in total. The maximum atomic E-state index is 13.4. The molecule has 11 heteroatoms. The number of pyridine rings is 1. The molecule has 41 heavy (non-hydrogen) atoms.